The highest BCUT2D eigenvalue weighted by molar-refractivity contribution is 6.05. The molecule has 2 aromatic rings. The zero-order valence-electron chi connectivity index (χ0n) is 15.2. The standard InChI is InChI=1S/C20H24FN3O2/c1-14(2)26-19-9-6-15(13-22-19)20(25)23-17-12-16(21)7-8-18(17)24-10-4-3-5-11-24/h6-9,12-14H,3-5,10-11H2,1-2H3,(H,23,25). The third kappa shape index (κ3) is 4.50. The van der Waals surface area contributed by atoms with Crippen LogP contribution in [0.1, 0.15) is 43.5 Å². The van der Waals surface area contributed by atoms with Crippen LogP contribution in [0, 0.1) is 5.82 Å². The van der Waals surface area contributed by atoms with Gasteiger partial charge >= 0.3 is 0 Å². The number of hydrogen-bond donors (Lipinski definition) is 1. The molecule has 1 aliphatic heterocycles. The van der Waals surface area contributed by atoms with E-state index in [-0.39, 0.29) is 17.8 Å². The van der Waals surface area contributed by atoms with Crippen LogP contribution in [-0.2, 0) is 0 Å². The molecule has 6 heteroatoms. The highest BCUT2D eigenvalue weighted by atomic mass is 19.1. The fourth-order valence-electron chi connectivity index (χ4n) is 3.04. The number of benzene rings is 1. The molecule has 2 heterocycles. The normalized spacial score (nSPS) is 14.4. The Hall–Kier alpha value is -2.63. The lowest BCUT2D eigenvalue weighted by Gasteiger charge is -2.30. The minimum Gasteiger partial charge on any atom is -0.475 e. The van der Waals surface area contributed by atoms with E-state index in [1.165, 1.54) is 24.8 Å². The van der Waals surface area contributed by atoms with Gasteiger partial charge in [-0.15, -0.1) is 0 Å². The first-order valence-corrected chi connectivity index (χ1v) is 9.01. The van der Waals surface area contributed by atoms with Gasteiger partial charge in [-0.2, -0.15) is 0 Å². The molecule has 1 aliphatic rings. The number of hydrogen-bond acceptors (Lipinski definition) is 4. The first-order chi connectivity index (χ1) is 12.5. The van der Waals surface area contributed by atoms with Crippen LogP contribution in [0.2, 0.25) is 0 Å². The van der Waals surface area contributed by atoms with Crippen molar-refractivity contribution in [1.82, 2.24) is 4.98 Å². The minimum absolute atomic E-state index is 0.0153. The van der Waals surface area contributed by atoms with Crippen molar-refractivity contribution in [1.29, 1.82) is 0 Å². The van der Waals surface area contributed by atoms with Gasteiger partial charge < -0.3 is 15.0 Å². The molecule has 1 saturated heterocycles. The molecule has 26 heavy (non-hydrogen) atoms. The molecule has 5 nitrogen and oxygen atoms in total. The number of pyridine rings is 1. The van der Waals surface area contributed by atoms with E-state index >= 15 is 0 Å². The number of amides is 1. The minimum atomic E-state index is -0.375. The van der Waals surface area contributed by atoms with Gasteiger partial charge in [-0.1, -0.05) is 0 Å². The summed E-state index contributed by atoms with van der Waals surface area (Å²) in [5.74, 6) is -0.228. The molecule has 1 aromatic carbocycles. The van der Waals surface area contributed by atoms with E-state index in [1.54, 1.807) is 18.2 Å². The summed E-state index contributed by atoms with van der Waals surface area (Å²) >= 11 is 0. The number of ether oxygens (including phenoxy) is 1. The molecule has 0 atom stereocenters. The van der Waals surface area contributed by atoms with Crippen molar-refractivity contribution in [2.24, 2.45) is 0 Å². The maximum Gasteiger partial charge on any atom is 0.257 e. The third-order valence-corrected chi connectivity index (χ3v) is 4.26. The molecule has 0 unspecified atom stereocenters. The van der Waals surface area contributed by atoms with Crippen molar-refractivity contribution in [3.63, 3.8) is 0 Å². The van der Waals surface area contributed by atoms with Crippen LogP contribution < -0.4 is 15.0 Å². The Morgan fingerprint density at radius 2 is 1.96 bits per heavy atom. The van der Waals surface area contributed by atoms with Gasteiger partial charge in [0.1, 0.15) is 5.82 Å². The highest BCUT2D eigenvalue weighted by Crippen LogP contribution is 2.29. The summed E-state index contributed by atoms with van der Waals surface area (Å²) in [7, 11) is 0. The van der Waals surface area contributed by atoms with Crippen molar-refractivity contribution in [3.05, 3.63) is 47.9 Å². The number of rotatable bonds is 5. The number of carbonyl (C=O) groups excluding carboxylic acids is 1. The summed E-state index contributed by atoms with van der Waals surface area (Å²) < 4.78 is 19.2. The molecule has 0 aliphatic carbocycles. The zero-order chi connectivity index (χ0) is 18.5. The Morgan fingerprint density at radius 1 is 1.19 bits per heavy atom. The van der Waals surface area contributed by atoms with E-state index in [9.17, 15) is 9.18 Å². The fraction of sp³-hybridized carbons (Fsp3) is 0.400. The van der Waals surface area contributed by atoms with Crippen molar-refractivity contribution in [2.45, 2.75) is 39.2 Å². The average Bonchev–Trinajstić information content (AvgIpc) is 2.62. The number of halogens is 1. The Bertz CT molecular complexity index is 756. The molecule has 0 spiro atoms. The van der Waals surface area contributed by atoms with Gasteiger partial charge in [-0.25, -0.2) is 9.37 Å². The maximum absolute atomic E-state index is 13.7. The Morgan fingerprint density at radius 3 is 2.62 bits per heavy atom. The molecule has 0 bridgehead atoms. The van der Waals surface area contributed by atoms with E-state index in [2.05, 4.69) is 15.2 Å². The van der Waals surface area contributed by atoms with Crippen LogP contribution in [0.15, 0.2) is 36.5 Å². The highest BCUT2D eigenvalue weighted by Gasteiger charge is 2.17. The number of aromatic nitrogens is 1. The molecule has 1 fully saturated rings. The van der Waals surface area contributed by atoms with Gasteiger partial charge in [-0.3, -0.25) is 4.79 Å². The Labute approximate surface area is 153 Å². The van der Waals surface area contributed by atoms with Crippen molar-refractivity contribution >= 4 is 17.3 Å². The van der Waals surface area contributed by atoms with Crippen LogP contribution in [0.5, 0.6) is 5.88 Å². The molecular formula is C20H24FN3O2. The second kappa shape index (κ2) is 8.17. The summed E-state index contributed by atoms with van der Waals surface area (Å²) in [4.78, 5) is 18.9. The van der Waals surface area contributed by atoms with Crippen LogP contribution in [0.3, 0.4) is 0 Å². The third-order valence-electron chi connectivity index (χ3n) is 4.26. The molecule has 1 aromatic heterocycles. The number of anilines is 2. The number of nitrogens with one attached hydrogen (secondary N) is 1. The molecular weight excluding hydrogens is 333 g/mol. The van der Waals surface area contributed by atoms with Gasteiger partial charge in [0.2, 0.25) is 5.88 Å². The van der Waals surface area contributed by atoms with Gasteiger partial charge in [0, 0.05) is 25.4 Å². The SMILES string of the molecule is CC(C)Oc1ccc(C(=O)Nc2cc(F)ccc2N2CCCCC2)cn1. The molecule has 1 N–H and O–H groups in total. The predicted molar refractivity (Wildman–Crippen MR) is 100 cm³/mol. The van der Waals surface area contributed by atoms with Crippen molar-refractivity contribution in [3.8, 4) is 5.88 Å². The molecule has 0 radical (unpaired) electrons. The molecule has 1 amide bonds. The van der Waals surface area contributed by atoms with Crippen LogP contribution in [-0.4, -0.2) is 30.1 Å². The summed E-state index contributed by atoms with van der Waals surface area (Å²) in [5, 5.41) is 2.82. The van der Waals surface area contributed by atoms with E-state index in [0.29, 0.717) is 17.1 Å². The fourth-order valence-corrected chi connectivity index (χ4v) is 3.04. The predicted octanol–water partition coefficient (Wildman–Crippen LogP) is 4.25. The van der Waals surface area contributed by atoms with E-state index in [1.807, 2.05) is 13.8 Å². The van der Waals surface area contributed by atoms with Crippen LogP contribution >= 0.6 is 0 Å². The molecule has 3 rings (SSSR count). The van der Waals surface area contributed by atoms with Gasteiger partial charge in [-0.05, 0) is 57.4 Å². The summed E-state index contributed by atoms with van der Waals surface area (Å²) in [6.07, 6.45) is 4.89. The second-order valence-electron chi connectivity index (χ2n) is 6.72. The first kappa shape index (κ1) is 18.2. The van der Waals surface area contributed by atoms with E-state index in [0.717, 1.165) is 31.6 Å². The first-order valence-electron chi connectivity index (χ1n) is 9.01. The van der Waals surface area contributed by atoms with Gasteiger partial charge in [0.05, 0.1) is 23.0 Å². The van der Waals surface area contributed by atoms with Crippen molar-refractivity contribution in [2.75, 3.05) is 23.3 Å². The van der Waals surface area contributed by atoms with Crippen LogP contribution in [0.4, 0.5) is 15.8 Å². The van der Waals surface area contributed by atoms with Gasteiger partial charge in [0.15, 0.2) is 0 Å². The number of piperidine rings is 1. The summed E-state index contributed by atoms with van der Waals surface area (Å²) in [6.45, 7) is 5.65. The number of carbonyl (C=O) groups is 1. The number of nitrogens with zero attached hydrogens (tertiary/aromatic N) is 2. The lowest BCUT2D eigenvalue weighted by atomic mass is 10.1. The zero-order valence-corrected chi connectivity index (χ0v) is 15.2. The summed E-state index contributed by atoms with van der Waals surface area (Å²) in [5.41, 5.74) is 1.74. The lowest BCUT2D eigenvalue weighted by Crippen LogP contribution is -2.30. The van der Waals surface area contributed by atoms with E-state index in [4.69, 9.17) is 4.74 Å². The topological polar surface area (TPSA) is 54.5 Å². The monoisotopic (exact) mass is 357 g/mol. The summed E-state index contributed by atoms with van der Waals surface area (Å²) in [6, 6.07) is 7.84. The largest absolute Gasteiger partial charge is 0.475 e. The molecule has 0 saturated carbocycles. The Balaban J connectivity index is 1.77. The van der Waals surface area contributed by atoms with Crippen LogP contribution in [0.25, 0.3) is 0 Å². The quantitative estimate of drug-likeness (QED) is 0.869. The van der Waals surface area contributed by atoms with E-state index < -0.39 is 0 Å². The van der Waals surface area contributed by atoms with Crippen molar-refractivity contribution < 1.29 is 13.9 Å². The lowest BCUT2D eigenvalue weighted by molar-refractivity contribution is 0.102. The smallest absolute Gasteiger partial charge is 0.257 e. The Kier molecular flexibility index (Phi) is 5.71. The maximum atomic E-state index is 13.7. The van der Waals surface area contributed by atoms with Gasteiger partial charge in [0.25, 0.3) is 5.91 Å². The average molecular weight is 357 g/mol. The molecule has 138 valence electrons. The second-order valence-corrected chi connectivity index (χ2v) is 6.72.